The highest BCUT2D eigenvalue weighted by atomic mass is 32.1. The SMILES string of the molecule is CCNc1nnc(-c2sc(C(C)C)nc2CC)s1. The molecular formula is C12H18N4S2. The van der Waals surface area contributed by atoms with E-state index in [-0.39, 0.29) is 0 Å². The zero-order chi connectivity index (χ0) is 13.1. The Morgan fingerprint density at radius 2 is 1.94 bits per heavy atom. The number of aryl methyl sites for hydroxylation is 1. The summed E-state index contributed by atoms with van der Waals surface area (Å²) in [5.74, 6) is 0.468. The molecule has 0 aliphatic carbocycles. The van der Waals surface area contributed by atoms with Crippen LogP contribution in [0.1, 0.15) is 44.3 Å². The molecule has 4 nitrogen and oxygen atoms in total. The molecule has 2 rings (SSSR count). The van der Waals surface area contributed by atoms with Gasteiger partial charge in [-0.05, 0) is 13.3 Å². The molecule has 0 radical (unpaired) electrons. The van der Waals surface area contributed by atoms with Gasteiger partial charge in [0.15, 0.2) is 5.01 Å². The molecule has 0 spiro atoms. The van der Waals surface area contributed by atoms with Gasteiger partial charge in [-0.2, -0.15) is 0 Å². The third kappa shape index (κ3) is 2.70. The molecule has 0 amide bonds. The zero-order valence-corrected chi connectivity index (χ0v) is 12.8. The van der Waals surface area contributed by atoms with Gasteiger partial charge in [-0.3, -0.25) is 0 Å². The quantitative estimate of drug-likeness (QED) is 0.906. The molecule has 6 heteroatoms. The van der Waals surface area contributed by atoms with Crippen LogP contribution in [0.5, 0.6) is 0 Å². The number of aromatic nitrogens is 3. The molecule has 2 heterocycles. The summed E-state index contributed by atoms with van der Waals surface area (Å²) in [6.07, 6.45) is 0.939. The van der Waals surface area contributed by atoms with Gasteiger partial charge in [0.1, 0.15) is 0 Å². The van der Waals surface area contributed by atoms with Gasteiger partial charge in [-0.25, -0.2) is 4.98 Å². The number of thiazole rings is 1. The van der Waals surface area contributed by atoms with Crippen LogP contribution in [-0.4, -0.2) is 21.7 Å². The number of rotatable bonds is 5. The van der Waals surface area contributed by atoms with E-state index >= 15 is 0 Å². The fourth-order valence-electron chi connectivity index (χ4n) is 1.56. The second-order valence-electron chi connectivity index (χ2n) is 4.28. The Kier molecular flexibility index (Phi) is 4.29. The Morgan fingerprint density at radius 3 is 2.56 bits per heavy atom. The van der Waals surface area contributed by atoms with Crippen LogP contribution in [-0.2, 0) is 6.42 Å². The van der Waals surface area contributed by atoms with Crippen molar-refractivity contribution in [2.45, 2.75) is 40.0 Å². The summed E-state index contributed by atoms with van der Waals surface area (Å²) in [5, 5.41) is 14.6. The highest BCUT2D eigenvalue weighted by molar-refractivity contribution is 7.23. The van der Waals surface area contributed by atoms with Gasteiger partial charge in [0.25, 0.3) is 0 Å². The van der Waals surface area contributed by atoms with Crippen LogP contribution in [0.2, 0.25) is 0 Å². The van der Waals surface area contributed by atoms with Crippen LogP contribution in [0.4, 0.5) is 5.13 Å². The van der Waals surface area contributed by atoms with E-state index in [1.807, 2.05) is 0 Å². The lowest BCUT2D eigenvalue weighted by Gasteiger charge is -1.95. The minimum absolute atomic E-state index is 0.468. The molecule has 2 aromatic heterocycles. The average molecular weight is 282 g/mol. The first-order valence-electron chi connectivity index (χ1n) is 6.23. The Balaban J connectivity index is 2.35. The monoisotopic (exact) mass is 282 g/mol. The minimum atomic E-state index is 0.468. The predicted octanol–water partition coefficient (Wildman–Crippen LogP) is 3.78. The summed E-state index contributed by atoms with van der Waals surface area (Å²) in [7, 11) is 0. The molecule has 0 saturated heterocycles. The van der Waals surface area contributed by atoms with Crippen molar-refractivity contribution in [3.8, 4) is 9.88 Å². The molecular weight excluding hydrogens is 264 g/mol. The smallest absolute Gasteiger partial charge is 0.206 e. The molecule has 0 atom stereocenters. The summed E-state index contributed by atoms with van der Waals surface area (Å²) in [6.45, 7) is 9.41. The summed E-state index contributed by atoms with van der Waals surface area (Å²) >= 11 is 3.35. The van der Waals surface area contributed by atoms with Crippen LogP contribution in [0, 0.1) is 0 Å². The molecule has 0 bridgehead atoms. The van der Waals surface area contributed by atoms with Crippen molar-refractivity contribution >= 4 is 27.8 Å². The van der Waals surface area contributed by atoms with Crippen molar-refractivity contribution in [1.82, 2.24) is 15.2 Å². The molecule has 18 heavy (non-hydrogen) atoms. The Morgan fingerprint density at radius 1 is 1.17 bits per heavy atom. The number of hydrogen-bond donors (Lipinski definition) is 1. The van der Waals surface area contributed by atoms with Crippen molar-refractivity contribution in [3.05, 3.63) is 10.7 Å². The van der Waals surface area contributed by atoms with Gasteiger partial charge in [0, 0.05) is 12.5 Å². The fraction of sp³-hybridized carbons (Fsp3) is 0.583. The average Bonchev–Trinajstić information content (AvgIpc) is 2.94. The summed E-state index contributed by atoms with van der Waals surface area (Å²) in [6, 6.07) is 0. The summed E-state index contributed by atoms with van der Waals surface area (Å²) in [5.41, 5.74) is 1.14. The summed E-state index contributed by atoms with van der Waals surface area (Å²) in [4.78, 5) is 5.88. The topological polar surface area (TPSA) is 50.7 Å². The predicted molar refractivity (Wildman–Crippen MR) is 78.6 cm³/mol. The second-order valence-corrected chi connectivity index (χ2v) is 6.29. The fourth-order valence-corrected chi connectivity index (χ4v) is 3.62. The molecule has 2 aromatic rings. The lowest BCUT2D eigenvalue weighted by Crippen LogP contribution is -1.94. The third-order valence-electron chi connectivity index (χ3n) is 2.49. The van der Waals surface area contributed by atoms with Gasteiger partial charge < -0.3 is 5.32 Å². The van der Waals surface area contributed by atoms with Gasteiger partial charge in [0.2, 0.25) is 5.13 Å². The van der Waals surface area contributed by atoms with Gasteiger partial charge in [-0.15, -0.1) is 21.5 Å². The molecule has 0 aliphatic rings. The maximum atomic E-state index is 4.70. The van der Waals surface area contributed by atoms with E-state index in [2.05, 4.69) is 43.2 Å². The minimum Gasteiger partial charge on any atom is -0.360 e. The van der Waals surface area contributed by atoms with E-state index in [1.54, 1.807) is 22.7 Å². The van der Waals surface area contributed by atoms with Crippen molar-refractivity contribution in [1.29, 1.82) is 0 Å². The first kappa shape index (κ1) is 13.4. The highest BCUT2D eigenvalue weighted by Gasteiger charge is 2.17. The number of anilines is 1. The lowest BCUT2D eigenvalue weighted by molar-refractivity contribution is 0.840. The van der Waals surface area contributed by atoms with Crippen molar-refractivity contribution in [3.63, 3.8) is 0 Å². The Labute approximate surface area is 116 Å². The Hall–Kier alpha value is -1.01. The molecule has 1 N–H and O–H groups in total. The van der Waals surface area contributed by atoms with Gasteiger partial charge in [0.05, 0.1) is 15.6 Å². The maximum absolute atomic E-state index is 4.70. The van der Waals surface area contributed by atoms with E-state index in [9.17, 15) is 0 Å². The van der Waals surface area contributed by atoms with E-state index in [0.29, 0.717) is 5.92 Å². The van der Waals surface area contributed by atoms with E-state index in [4.69, 9.17) is 4.98 Å². The van der Waals surface area contributed by atoms with Crippen molar-refractivity contribution in [2.75, 3.05) is 11.9 Å². The first-order chi connectivity index (χ1) is 8.65. The van der Waals surface area contributed by atoms with Gasteiger partial charge in [-0.1, -0.05) is 32.1 Å². The van der Waals surface area contributed by atoms with Gasteiger partial charge >= 0.3 is 0 Å². The van der Waals surface area contributed by atoms with E-state index < -0.39 is 0 Å². The lowest BCUT2D eigenvalue weighted by atomic mass is 10.2. The first-order valence-corrected chi connectivity index (χ1v) is 7.86. The third-order valence-corrected chi connectivity index (χ3v) is 4.92. The van der Waals surface area contributed by atoms with E-state index in [0.717, 1.165) is 28.8 Å². The molecule has 0 aliphatic heterocycles. The standard InChI is InChI=1S/C12H18N4S2/c1-5-8-9(17-10(14-8)7(3)4)11-15-16-12(18-11)13-6-2/h7H,5-6H2,1-4H3,(H,13,16). The van der Waals surface area contributed by atoms with Crippen molar-refractivity contribution < 1.29 is 0 Å². The molecule has 0 fully saturated rings. The number of nitrogens with zero attached hydrogens (tertiary/aromatic N) is 3. The largest absolute Gasteiger partial charge is 0.360 e. The van der Waals surface area contributed by atoms with E-state index in [1.165, 1.54) is 9.88 Å². The zero-order valence-electron chi connectivity index (χ0n) is 11.1. The summed E-state index contributed by atoms with van der Waals surface area (Å²) < 4.78 is 0. The highest BCUT2D eigenvalue weighted by Crippen LogP contribution is 2.36. The molecule has 0 saturated carbocycles. The second kappa shape index (κ2) is 5.75. The maximum Gasteiger partial charge on any atom is 0.206 e. The molecule has 0 unspecified atom stereocenters. The van der Waals surface area contributed by atoms with Crippen LogP contribution >= 0.6 is 22.7 Å². The van der Waals surface area contributed by atoms with Crippen LogP contribution in [0.3, 0.4) is 0 Å². The normalized spacial score (nSPS) is 11.2. The van der Waals surface area contributed by atoms with Crippen molar-refractivity contribution in [2.24, 2.45) is 0 Å². The Bertz CT molecular complexity index is 516. The van der Waals surface area contributed by atoms with Crippen LogP contribution in [0.25, 0.3) is 9.88 Å². The molecule has 0 aromatic carbocycles. The molecule has 98 valence electrons. The number of nitrogens with one attached hydrogen (secondary N) is 1. The number of hydrogen-bond acceptors (Lipinski definition) is 6. The van der Waals surface area contributed by atoms with Crippen LogP contribution in [0.15, 0.2) is 0 Å². The van der Waals surface area contributed by atoms with Crippen LogP contribution < -0.4 is 5.32 Å².